The molecule has 3 amide bonds. The lowest BCUT2D eigenvalue weighted by Crippen LogP contribution is -2.27. The number of rotatable bonds is 3. The van der Waals surface area contributed by atoms with E-state index in [0.29, 0.717) is 28.9 Å². The first kappa shape index (κ1) is 14.6. The summed E-state index contributed by atoms with van der Waals surface area (Å²) in [4.78, 5) is 25.5. The van der Waals surface area contributed by atoms with Gasteiger partial charge in [-0.3, -0.25) is 14.8 Å². The van der Waals surface area contributed by atoms with Gasteiger partial charge in [-0.25, -0.2) is 4.79 Å². The maximum atomic E-state index is 12.2. The van der Waals surface area contributed by atoms with Gasteiger partial charge in [0.2, 0.25) is 0 Å². The summed E-state index contributed by atoms with van der Waals surface area (Å²) in [6.45, 7) is 3.05. The van der Waals surface area contributed by atoms with Gasteiger partial charge >= 0.3 is 6.03 Å². The van der Waals surface area contributed by atoms with Crippen LogP contribution in [0.3, 0.4) is 0 Å². The lowest BCUT2D eigenvalue weighted by atomic mass is 10.2. The van der Waals surface area contributed by atoms with E-state index in [0.717, 1.165) is 11.4 Å². The van der Waals surface area contributed by atoms with Crippen LogP contribution in [0.15, 0.2) is 28.7 Å². The molecule has 1 fully saturated rings. The molecule has 0 saturated carbocycles. The summed E-state index contributed by atoms with van der Waals surface area (Å²) in [5.74, 6) is -0.320. The molecule has 2 aromatic rings. The Labute approximate surface area is 135 Å². The molecule has 8 heteroatoms. The Morgan fingerprint density at radius 2 is 2.27 bits per heavy atom. The normalized spacial score (nSPS) is 14.1. The lowest BCUT2D eigenvalue weighted by molar-refractivity contribution is 0.102. The van der Waals surface area contributed by atoms with Crippen molar-refractivity contribution in [2.45, 2.75) is 6.92 Å². The molecule has 0 bridgehead atoms. The molecule has 2 heterocycles. The van der Waals surface area contributed by atoms with Gasteiger partial charge in [-0.05, 0) is 41.1 Å². The van der Waals surface area contributed by atoms with E-state index in [4.69, 9.17) is 0 Å². The molecule has 1 aromatic carbocycles. The standard InChI is InChI=1S/C14H14BrN5O2/c1-8-11(15)12(19-18-8)13(21)17-9-3-2-4-10(7-9)20-6-5-16-14(20)22/h2-4,7H,5-6H2,1H3,(H,16,22)(H,17,21)(H,18,19). The second-order valence-corrected chi connectivity index (χ2v) is 5.69. The van der Waals surface area contributed by atoms with Crippen LogP contribution in [0.5, 0.6) is 0 Å². The number of hydrogen-bond acceptors (Lipinski definition) is 3. The molecule has 1 aliphatic rings. The molecule has 1 saturated heterocycles. The lowest BCUT2D eigenvalue weighted by Gasteiger charge is -2.15. The molecule has 7 nitrogen and oxygen atoms in total. The smallest absolute Gasteiger partial charge is 0.321 e. The fourth-order valence-corrected chi connectivity index (χ4v) is 2.58. The minimum absolute atomic E-state index is 0.130. The van der Waals surface area contributed by atoms with Crippen molar-refractivity contribution in [2.24, 2.45) is 0 Å². The van der Waals surface area contributed by atoms with Gasteiger partial charge in [0.1, 0.15) is 0 Å². The molecule has 0 atom stereocenters. The molecule has 0 aliphatic carbocycles. The third-order valence-corrected chi connectivity index (χ3v) is 4.33. The zero-order chi connectivity index (χ0) is 15.7. The maximum Gasteiger partial charge on any atom is 0.321 e. The van der Waals surface area contributed by atoms with Crippen LogP contribution in [0.25, 0.3) is 0 Å². The van der Waals surface area contributed by atoms with Gasteiger partial charge in [0.15, 0.2) is 5.69 Å². The fourth-order valence-electron chi connectivity index (χ4n) is 2.23. The summed E-state index contributed by atoms with van der Waals surface area (Å²) >= 11 is 3.32. The van der Waals surface area contributed by atoms with E-state index in [1.54, 1.807) is 23.1 Å². The Morgan fingerprint density at radius 3 is 2.91 bits per heavy atom. The van der Waals surface area contributed by atoms with Crippen LogP contribution >= 0.6 is 15.9 Å². The maximum absolute atomic E-state index is 12.2. The van der Waals surface area contributed by atoms with E-state index >= 15 is 0 Å². The first-order valence-corrected chi connectivity index (χ1v) is 7.53. The number of aromatic nitrogens is 2. The topological polar surface area (TPSA) is 90.1 Å². The van der Waals surface area contributed by atoms with Crippen LogP contribution < -0.4 is 15.5 Å². The number of benzene rings is 1. The molecule has 0 unspecified atom stereocenters. The van der Waals surface area contributed by atoms with Crippen LogP contribution in [-0.2, 0) is 0 Å². The Morgan fingerprint density at radius 1 is 1.45 bits per heavy atom. The summed E-state index contributed by atoms with van der Waals surface area (Å²) in [6, 6.07) is 7.02. The zero-order valence-electron chi connectivity index (χ0n) is 11.8. The van der Waals surface area contributed by atoms with Gasteiger partial charge in [0.25, 0.3) is 5.91 Å². The fraction of sp³-hybridized carbons (Fsp3) is 0.214. The van der Waals surface area contributed by atoms with Crippen molar-refractivity contribution >= 4 is 39.2 Å². The molecule has 114 valence electrons. The number of hydrogen-bond donors (Lipinski definition) is 3. The van der Waals surface area contributed by atoms with Crippen molar-refractivity contribution in [1.82, 2.24) is 15.5 Å². The highest BCUT2D eigenvalue weighted by Crippen LogP contribution is 2.23. The minimum Gasteiger partial charge on any atom is -0.336 e. The predicted octanol–water partition coefficient (Wildman–Crippen LogP) is 2.26. The van der Waals surface area contributed by atoms with Crippen molar-refractivity contribution < 1.29 is 9.59 Å². The summed E-state index contributed by atoms with van der Waals surface area (Å²) in [5, 5.41) is 12.2. The van der Waals surface area contributed by atoms with E-state index in [2.05, 4.69) is 36.8 Å². The summed E-state index contributed by atoms with van der Waals surface area (Å²) in [7, 11) is 0. The number of halogens is 1. The molecule has 1 aromatic heterocycles. The van der Waals surface area contributed by atoms with Crippen molar-refractivity contribution in [2.75, 3.05) is 23.3 Å². The average molecular weight is 364 g/mol. The van der Waals surface area contributed by atoms with Gasteiger partial charge in [0.05, 0.1) is 4.47 Å². The highest BCUT2D eigenvalue weighted by molar-refractivity contribution is 9.10. The largest absolute Gasteiger partial charge is 0.336 e. The second kappa shape index (κ2) is 5.80. The monoisotopic (exact) mass is 363 g/mol. The zero-order valence-corrected chi connectivity index (χ0v) is 13.4. The predicted molar refractivity (Wildman–Crippen MR) is 86.2 cm³/mol. The Kier molecular flexibility index (Phi) is 3.84. The van der Waals surface area contributed by atoms with Gasteiger partial charge in [0, 0.05) is 30.2 Å². The van der Waals surface area contributed by atoms with Crippen molar-refractivity contribution in [1.29, 1.82) is 0 Å². The Bertz CT molecular complexity index is 743. The van der Waals surface area contributed by atoms with E-state index in [1.807, 2.05) is 13.0 Å². The molecular weight excluding hydrogens is 350 g/mol. The SMILES string of the molecule is Cc1[nH]nc(C(=O)Nc2cccc(N3CCNC3=O)c2)c1Br. The quantitative estimate of drug-likeness (QED) is 0.781. The number of nitrogens with one attached hydrogen (secondary N) is 3. The van der Waals surface area contributed by atoms with Crippen molar-refractivity contribution in [3.63, 3.8) is 0 Å². The van der Waals surface area contributed by atoms with Crippen LogP contribution in [0.1, 0.15) is 16.2 Å². The number of urea groups is 1. The van der Waals surface area contributed by atoms with E-state index in [-0.39, 0.29) is 11.9 Å². The number of aromatic amines is 1. The number of H-pyrrole nitrogens is 1. The first-order valence-electron chi connectivity index (χ1n) is 6.73. The summed E-state index contributed by atoms with van der Waals surface area (Å²) < 4.78 is 0.639. The highest BCUT2D eigenvalue weighted by atomic mass is 79.9. The van der Waals surface area contributed by atoms with E-state index < -0.39 is 0 Å². The first-order chi connectivity index (χ1) is 10.6. The number of carbonyl (C=O) groups excluding carboxylic acids is 2. The van der Waals surface area contributed by atoms with Crippen molar-refractivity contribution in [3.8, 4) is 0 Å². The van der Waals surface area contributed by atoms with Crippen LogP contribution in [0.4, 0.5) is 16.2 Å². The number of aryl methyl sites for hydroxylation is 1. The molecule has 0 radical (unpaired) electrons. The third kappa shape index (κ3) is 2.69. The Balaban J connectivity index is 1.79. The molecular formula is C14H14BrN5O2. The Hall–Kier alpha value is -2.35. The molecule has 1 aliphatic heterocycles. The average Bonchev–Trinajstić information content (AvgIpc) is 3.06. The molecule has 3 rings (SSSR count). The minimum atomic E-state index is -0.320. The summed E-state index contributed by atoms with van der Waals surface area (Å²) in [5.41, 5.74) is 2.43. The highest BCUT2D eigenvalue weighted by Gasteiger charge is 2.21. The van der Waals surface area contributed by atoms with E-state index in [1.165, 1.54) is 0 Å². The van der Waals surface area contributed by atoms with Crippen LogP contribution in [0, 0.1) is 6.92 Å². The second-order valence-electron chi connectivity index (χ2n) is 4.90. The van der Waals surface area contributed by atoms with Crippen LogP contribution in [0.2, 0.25) is 0 Å². The molecule has 22 heavy (non-hydrogen) atoms. The van der Waals surface area contributed by atoms with E-state index in [9.17, 15) is 9.59 Å². The van der Waals surface area contributed by atoms with Gasteiger partial charge in [-0.15, -0.1) is 0 Å². The number of nitrogens with zero attached hydrogens (tertiary/aromatic N) is 2. The number of amides is 3. The van der Waals surface area contributed by atoms with Crippen molar-refractivity contribution in [3.05, 3.63) is 40.1 Å². The number of carbonyl (C=O) groups is 2. The molecule has 0 spiro atoms. The summed E-state index contributed by atoms with van der Waals surface area (Å²) in [6.07, 6.45) is 0. The van der Waals surface area contributed by atoms with Crippen LogP contribution in [-0.4, -0.2) is 35.2 Å². The van der Waals surface area contributed by atoms with Gasteiger partial charge in [-0.2, -0.15) is 5.10 Å². The van der Waals surface area contributed by atoms with Gasteiger partial charge < -0.3 is 10.6 Å². The molecule has 3 N–H and O–H groups in total. The van der Waals surface area contributed by atoms with Gasteiger partial charge in [-0.1, -0.05) is 6.07 Å². The third-order valence-electron chi connectivity index (χ3n) is 3.36. The number of anilines is 2.